The van der Waals surface area contributed by atoms with Crippen LogP contribution in [0.15, 0.2) is 18.2 Å². The zero-order chi connectivity index (χ0) is 15.7. The van der Waals surface area contributed by atoms with Gasteiger partial charge in [0.1, 0.15) is 5.75 Å². The average Bonchev–Trinajstić information content (AvgIpc) is 2.78. The van der Waals surface area contributed by atoms with Gasteiger partial charge in [0.15, 0.2) is 0 Å². The number of hydrogen-bond donors (Lipinski definition) is 2. The summed E-state index contributed by atoms with van der Waals surface area (Å²) < 4.78 is 57.8. The molecule has 2 rings (SSSR count). The molecule has 0 amide bonds. The zero-order valence-corrected chi connectivity index (χ0v) is 13.3. The van der Waals surface area contributed by atoms with Crippen molar-refractivity contribution in [3.63, 3.8) is 0 Å². The maximum Gasteiger partial charge on any atom is 0.298 e. The molecule has 10 heteroatoms. The maximum atomic E-state index is 11.9. The molecule has 8 nitrogen and oxygen atoms in total. The van der Waals surface area contributed by atoms with Crippen molar-refractivity contribution in [1.29, 1.82) is 0 Å². The summed E-state index contributed by atoms with van der Waals surface area (Å²) in [5, 5.41) is 0. The monoisotopic (exact) mass is 335 g/mol. The average molecular weight is 335 g/mol. The summed E-state index contributed by atoms with van der Waals surface area (Å²) in [4.78, 5) is 0. The molecule has 1 aliphatic rings. The second kappa shape index (κ2) is 5.70. The Bertz CT molecular complexity index is 730. The Balaban J connectivity index is 2.43. The number of sulfonamides is 1. The minimum Gasteiger partial charge on any atom is -0.495 e. The molecule has 0 spiro atoms. The summed E-state index contributed by atoms with van der Waals surface area (Å²) in [6.45, 7) is 0.382. The molecular formula is C11H17N3O5S2. The van der Waals surface area contributed by atoms with E-state index in [1.165, 1.54) is 30.6 Å². The first-order valence-corrected chi connectivity index (χ1v) is 9.28. The molecule has 0 unspecified atom stereocenters. The van der Waals surface area contributed by atoms with Gasteiger partial charge < -0.3 is 4.74 Å². The van der Waals surface area contributed by atoms with Crippen LogP contribution in [0.25, 0.3) is 0 Å². The molecule has 118 valence electrons. The minimum atomic E-state index is -3.72. The first-order chi connectivity index (χ1) is 9.79. The number of hydrogen-bond acceptors (Lipinski definition) is 5. The Hall–Kier alpha value is -1.52. The molecule has 1 aliphatic heterocycles. The molecule has 0 saturated carbocycles. The van der Waals surface area contributed by atoms with Gasteiger partial charge in [0.25, 0.3) is 10.2 Å². The topological polar surface area (TPSA) is 105 Å². The molecule has 2 N–H and O–H groups in total. The van der Waals surface area contributed by atoms with E-state index in [4.69, 9.17) is 4.74 Å². The summed E-state index contributed by atoms with van der Waals surface area (Å²) in [6.07, 6.45) is 0.548. The first kappa shape index (κ1) is 15.9. The van der Waals surface area contributed by atoms with Crippen molar-refractivity contribution >= 4 is 31.6 Å². The van der Waals surface area contributed by atoms with Gasteiger partial charge in [-0.15, -0.1) is 0 Å². The third-order valence-electron chi connectivity index (χ3n) is 3.08. The summed E-state index contributed by atoms with van der Waals surface area (Å²) in [6, 6.07) is 4.55. The zero-order valence-electron chi connectivity index (χ0n) is 11.7. The van der Waals surface area contributed by atoms with E-state index in [2.05, 4.69) is 9.44 Å². The molecule has 1 aromatic rings. The Morgan fingerprint density at radius 3 is 2.57 bits per heavy atom. The lowest BCUT2D eigenvalue weighted by molar-refractivity contribution is 0.417. The number of anilines is 2. The highest BCUT2D eigenvalue weighted by Crippen LogP contribution is 2.33. The Morgan fingerprint density at radius 2 is 2.05 bits per heavy atom. The van der Waals surface area contributed by atoms with E-state index in [9.17, 15) is 16.8 Å². The number of nitrogens with one attached hydrogen (secondary N) is 2. The predicted octanol–water partition coefficient (Wildman–Crippen LogP) is 0.111. The Labute approximate surface area is 124 Å². The van der Waals surface area contributed by atoms with Gasteiger partial charge >= 0.3 is 0 Å². The van der Waals surface area contributed by atoms with E-state index in [1.54, 1.807) is 6.07 Å². The van der Waals surface area contributed by atoms with Crippen molar-refractivity contribution in [3.8, 4) is 5.75 Å². The molecule has 0 radical (unpaired) electrons. The summed E-state index contributed by atoms with van der Waals surface area (Å²) >= 11 is 0. The molecule has 1 heterocycles. The Morgan fingerprint density at radius 1 is 1.33 bits per heavy atom. The lowest BCUT2D eigenvalue weighted by Crippen LogP contribution is -2.27. The van der Waals surface area contributed by atoms with Gasteiger partial charge in [-0.25, -0.2) is 13.1 Å². The van der Waals surface area contributed by atoms with Crippen molar-refractivity contribution in [2.24, 2.45) is 0 Å². The van der Waals surface area contributed by atoms with Crippen LogP contribution >= 0.6 is 0 Å². The van der Waals surface area contributed by atoms with Crippen LogP contribution in [0.3, 0.4) is 0 Å². The standard InChI is InChI=1S/C11H17N3O5S2/c1-12-21(17,18)13-10-8-9(4-5-11(10)19-2)14-6-3-7-20(14,15)16/h4-5,8,12-13H,3,6-7H2,1-2H3. The largest absolute Gasteiger partial charge is 0.495 e. The summed E-state index contributed by atoms with van der Waals surface area (Å²) in [7, 11) is -4.38. The van der Waals surface area contributed by atoms with Gasteiger partial charge in [0.05, 0.1) is 24.2 Å². The van der Waals surface area contributed by atoms with Gasteiger partial charge in [-0.1, -0.05) is 0 Å². The fourth-order valence-electron chi connectivity index (χ4n) is 2.06. The van der Waals surface area contributed by atoms with Crippen LogP contribution in [0, 0.1) is 0 Å². The van der Waals surface area contributed by atoms with Gasteiger partial charge in [0, 0.05) is 13.6 Å². The lowest BCUT2D eigenvalue weighted by atomic mass is 10.2. The highest BCUT2D eigenvalue weighted by Gasteiger charge is 2.29. The van der Waals surface area contributed by atoms with Crippen LogP contribution in [-0.2, 0) is 20.2 Å². The van der Waals surface area contributed by atoms with E-state index in [0.29, 0.717) is 24.4 Å². The van der Waals surface area contributed by atoms with E-state index in [-0.39, 0.29) is 11.4 Å². The van der Waals surface area contributed by atoms with Crippen LogP contribution in [0.5, 0.6) is 5.75 Å². The SMILES string of the molecule is CNS(=O)(=O)Nc1cc(N2CCCS2(=O)=O)ccc1OC. The van der Waals surface area contributed by atoms with E-state index in [1.807, 2.05) is 0 Å². The number of rotatable bonds is 5. The van der Waals surface area contributed by atoms with Gasteiger partial charge in [-0.2, -0.15) is 8.42 Å². The van der Waals surface area contributed by atoms with Crippen LogP contribution in [0.2, 0.25) is 0 Å². The van der Waals surface area contributed by atoms with Gasteiger partial charge in [-0.3, -0.25) is 9.03 Å². The van der Waals surface area contributed by atoms with Crippen molar-refractivity contribution in [2.75, 3.05) is 35.5 Å². The van der Waals surface area contributed by atoms with Crippen molar-refractivity contribution in [3.05, 3.63) is 18.2 Å². The highest BCUT2D eigenvalue weighted by atomic mass is 32.2. The van der Waals surface area contributed by atoms with Crippen LogP contribution in [0.4, 0.5) is 11.4 Å². The molecule has 0 aromatic heterocycles. The fourth-order valence-corrected chi connectivity index (χ4v) is 4.16. The lowest BCUT2D eigenvalue weighted by Gasteiger charge is -2.19. The minimum absolute atomic E-state index is 0.0939. The second-order valence-electron chi connectivity index (χ2n) is 4.44. The van der Waals surface area contributed by atoms with Crippen LogP contribution < -0.4 is 18.5 Å². The molecule has 1 saturated heterocycles. The summed E-state index contributed by atoms with van der Waals surface area (Å²) in [5.74, 6) is 0.394. The number of nitrogens with zero attached hydrogens (tertiary/aromatic N) is 1. The smallest absolute Gasteiger partial charge is 0.298 e. The van der Waals surface area contributed by atoms with Gasteiger partial charge in [0.2, 0.25) is 10.0 Å². The van der Waals surface area contributed by atoms with Crippen LogP contribution in [-0.4, -0.2) is 43.3 Å². The first-order valence-electron chi connectivity index (χ1n) is 6.19. The molecule has 0 aliphatic carbocycles. The number of benzene rings is 1. The fraction of sp³-hybridized carbons (Fsp3) is 0.455. The van der Waals surface area contributed by atoms with E-state index >= 15 is 0 Å². The maximum absolute atomic E-state index is 11.9. The third kappa shape index (κ3) is 3.39. The second-order valence-corrected chi connectivity index (χ2v) is 8.07. The van der Waals surface area contributed by atoms with Crippen molar-refractivity contribution in [1.82, 2.24) is 4.72 Å². The molecule has 0 bridgehead atoms. The van der Waals surface area contributed by atoms with Crippen molar-refractivity contribution < 1.29 is 21.6 Å². The van der Waals surface area contributed by atoms with E-state index in [0.717, 1.165) is 0 Å². The highest BCUT2D eigenvalue weighted by molar-refractivity contribution is 7.93. The molecule has 21 heavy (non-hydrogen) atoms. The molecule has 0 atom stereocenters. The molecule has 1 aromatic carbocycles. The molecule has 1 fully saturated rings. The predicted molar refractivity (Wildman–Crippen MR) is 80.3 cm³/mol. The number of ether oxygens (including phenoxy) is 1. The molecular weight excluding hydrogens is 318 g/mol. The third-order valence-corrected chi connectivity index (χ3v) is 5.98. The normalized spacial score (nSPS) is 17.7. The number of methoxy groups -OCH3 is 1. The quantitative estimate of drug-likeness (QED) is 0.795. The van der Waals surface area contributed by atoms with Crippen LogP contribution in [0.1, 0.15) is 6.42 Å². The summed E-state index contributed by atoms with van der Waals surface area (Å²) in [5.41, 5.74) is 0.577. The van der Waals surface area contributed by atoms with E-state index < -0.39 is 20.2 Å². The Kier molecular flexibility index (Phi) is 4.30. The van der Waals surface area contributed by atoms with Gasteiger partial charge in [-0.05, 0) is 24.6 Å². The van der Waals surface area contributed by atoms with Crippen molar-refractivity contribution in [2.45, 2.75) is 6.42 Å².